The Morgan fingerprint density at radius 3 is 1.96 bits per heavy atom. The van der Waals surface area contributed by atoms with Gasteiger partial charge in [-0.1, -0.05) is 71.3 Å². The van der Waals surface area contributed by atoms with Gasteiger partial charge in [0.25, 0.3) is 5.60 Å². The maximum absolute atomic E-state index is 13.6. The molecule has 268 valence electrons. The number of ether oxygens (including phenoxy) is 3. The van der Waals surface area contributed by atoms with E-state index in [0.717, 1.165) is 93.7 Å². The van der Waals surface area contributed by atoms with Gasteiger partial charge in [0.1, 0.15) is 11.3 Å². The second-order valence-corrected chi connectivity index (χ2v) is 13.1. The molecule has 2 aliphatic rings. The molecule has 0 fully saturated rings. The van der Waals surface area contributed by atoms with Crippen LogP contribution in [-0.4, -0.2) is 55.2 Å². The smallest absolute Gasteiger partial charge is 0.430 e. The minimum Gasteiger partial charge on any atom is -0.493 e. The maximum Gasteiger partial charge on any atom is 0.430 e. The topological polar surface area (TPSA) is 63.5 Å². The predicted molar refractivity (Wildman–Crippen MR) is 173 cm³/mol. The van der Waals surface area contributed by atoms with E-state index in [4.69, 9.17) is 19.2 Å². The van der Waals surface area contributed by atoms with Crippen LogP contribution in [0.5, 0.6) is 17.2 Å². The molecule has 12 heteroatoms. The molecule has 0 aliphatic carbocycles. The number of hydrogen-bond donors (Lipinski definition) is 1. The summed E-state index contributed by atoms with van der Waals surface area (Å²) in [5, 5.41) is 10.0. The van der Waals surface area contributed by atoms with Gasteiger partial charge in [-0.05, 0) is 73.6 Å². The summed E-state index contributed by atoms with van der Waals surface area (Å²) < 4.78 is 98.7. The average molecular weight is 687 g/mol. The van der Waals surface area contributed by atoms with Crippen LogP contribution in [0.15, 0.2) is 35.3 Å². The monoisotopic (exact) mass is 686 g/mol. The van der Waals surface area contributed by atoms with Crippen LogP contribution in [0.4, 0.5) is 26.3 Å². The van der Waals surface area contributed by atoms with E-state index in [2.05, 4.69) is 11.8 Å². The van der Waals surface area contributed by atoms with Crippen LogP contribution in [0.1, 0.15) is 107 Å². The lowest BCUT2D eigenvalue weighted by Crippen LogP contribution is -2.54. The molecule has 1 N–H and O–H groups in total. The molecule has 4 rings (SSSR count). The van der Waals surface area contributed by atoms with Crippen molar-refractivity contribution in [2.75, 3.05) is 26.5 Å². The first kappa shape index (κ1) is 37.7. The Hall–Kier alpha value is -3.15. The molecule has 0 spiro atoms. The molecule has 2 aromatic rings. The van der Waals surface area contributed by atoms with Gasteiger partial charge in [-0.2, -0.15) is 26.3 Å². The zero-order chi connectivity index (χ0) is 35.0. The fourth-order valence-corrected chi connectivity index (χ4v) is 6.42. The molecule has 0 saturated heterocycles. The van der Waals surface area contributed by atoms with E-state index in [1.807, 2.05) is 24.5 Å². The second kappa shape index (κ2) is 16.0. The third-order valence-electron chi connectivity index (χ3n) is 9.12. The van der Waals surface area contributed by atoms with Gasteiger partial charge in [-0.15, -0.1) is 0 Å². The minimum atomic E-state index is -5.93. The fourth-order valence-electron chi connectivity index (χ4n) is 6.42. The Balaban J connectivity index is 1.16. The van der Waals surface area contributed by atoms with Gasteiger partial charge >= 0.3 is 12.4 Å². The first-order valence-corrected chi connectivity index (χ1v) is 17.1. The Kier molecular flexibility index (Phi) is 12.6. The molecule has 2 aliphatic heterocycles. The van der Waals surface area contributed by atoms with Gasteiger partial charge in [0, 0.05) is 18.7 Å². The van der Waals surface area contributed by atoms with E-state index in [9.17, 15) is 31.4 Å². The van der Waals surface area contributed by atoms with Gasteiger partial charge in [-0.3, -0.25) is 4.99 Å². The Morgan fingerprint density at radius 1 is 0.812 bits per heavy atom. The van der Waals surface area contributed by atoms with Crippen molar-refractivity contribution >= 4 is 6.34 Å². The van der Waals surface area contributed by atoms with Gasteiger partial charge in [0.2, 0.25) is 6.79 Å². The molecular weight excluding hydrogens is 638 g/mol. The summed E-state index contributed by atoms with van der Waals surface area (Å²) in [5.41, 5.74) is -4.87. The van der Waals surface area contributed by atoms with Crippen molar-refractivity contribution in [2.24, 2.45) is 4.99 Å². The molecule has 0 radical (unpaired) electrons. The SMILES string of the molecule is CCCc1cc(C(O)(C(F)(F)F)C(F)(F)F)cc(CCC)c1OCCCCCCCCCCN1C=NC(C)(c2ccc3c(c2)OCO3)C1. The highest BCUT2D eigenvalue weighted by atomic mass is 19.4. The van der Waals surface area contributed by atoms with Crippen molar-refractivity contribution in [3.8, 4) is 17.2 Å². The molecule has 0 bridgehead atoms. The molecule has 6 nitrogen and oxygen atoms in total. The zero-order valence-electron chi connectivity index (χ0n) is 28.1. The number of unbranched alkanes of at least 4 members (excludes halogenated alkanes) is 7. The summed E-state index contributed by atoms with van der Waals surface area (Å²) in [6.07, 6.45) is -0.261. The number of alkyl halides is 6. The third-order valence-corrected chi connectivity index (χ3v) is 9.12. The first-order chi connectivity index (χ1) is 22.7. The van der Waals surface area contributed by atoms with E-state index in [1.54, 1.807) is 13.8 Å². The number of rotatable bonds is 18. The van der Waals surface area contributed by atoms with Crippen LogP contribution in [0, 0.1) is 0 Å². The van der Waals surface area contributed by atoms with Gasteiger partial charge in [0.15, 0.2) is 11.5 Å². The normalized spacial score (nSPS) is 17.8. The van der Waals surface area contributed by atoms with E-state index in [1.165, 1.54) is 0 Å². The molecule has 2 aromatic carbocycles. The van der Waals surface area contributed by atoms with Crippen molar-refractivity contribution in [2.45, 2.75) is 121 Å². The lowest BCUT2D eigenvalue weighted by molar-refractivity contribution is -0.376. The Bertz CT molecular complexity index is 1340. The number of halogens is 6. The van der Waals surface area contributed by atoms with Crippen LogP contribution in [0.25, 0.3) is 0 Å². The van der Waals surface area contributed by atoms with Crippen molar-refractivity contribution in [1.29, 1.82) is 0 Å². The highest BCUT2D eigenvalue weighted by molar-refractivity contribution is 5.60. The maximum atomic E-state index is 13.6. The Labute approximate surface area is 279 Å². The minimum absolute atomic E-state index is 0.232. The number of benzene rings is 2. The Morgan fingerprint density at radius 2 is 1.38 bits per heavy atom. The molecule has 0 saturated carbocycles. The lowest BCUT2D eigenvalue weighted by Gasteiger charge is -2.33. The molecule has 0 amide bonds. The number of nitrogens with zero attached hydrogens (tertiary/aromatic N) is 2. The fraction of sp³-hybridized carbons (Fsp3) is 0.639. The highest BCUT2D eigenvalue weighted by Crippen LogP contribution is 2.51. The van der Waals surface area contributed by atoms with Crippen molar-refractivity contribution in [1.82, 2.24) is 4.90 Å². The number of aliphatic hydroxyl groups is 1. The number of aliphatic imine (C=N–C) groups is 1. The predicted octanol–water partition coefficient (Wildman–Crippen LogP) is 9.39. The number of fused-ring (bicyclic) bond motifs is 1. The molecular formula is C36H48F6N2O4. The largest absolute Gasteiger partial charge is 0.493 e. The first-order valence-electron chi connectivity index (χ1n) is 17.1. The standard InChI is InChI=1S/C36H48F6N2O4/c1-4-14-26-20-29(34(45,35(37,38)39)36(40,41)42)21-27(15-5-2)32(26)46-19-13-11-9-7-6-8-10-12-18-44-23-33(3,43-24-44)28-16-17-30-31(22-28)48-25-47-30/h16-17,20-22,24,45H,4-15,18-19,23,25H2,1-3H3. The average Bonchev–Trinajstić information content (AvgIpc) is 3.66. The van der Waals surface area contributed by atoms with Crippen LogP contribution in [0.2, 0.25) is 0 Å². The second-order valence-electron chi connectivity index (χ2n) is 13.1. The summed E-state index contributed by atoms with van der Waals surface area (Å²) in [6, 6.07) is 7.63. The molecule has 1 unspecified atom stereocenters. The van der Waals surface area contributed by atoms with E-state index in [0.29, 0.717) is 25.2 Å². The van der Waals surface area contributed by atoms with Crippen molar-refractivity contribution in [3.05, 3.63) is 52.6 Å². The summed E-state index contributed by atoms with van der Waals surface area (Å²) in [4.78, 5) is 7.06. The van der Waals surface area contributed by atoms with Crippen LogP contribution < -0.4 is 14.2 Å². The van der Waals surface area contributed by atoms with E-state index < -0.39 is 23.5 Å². The summed E-state index contributed by atoms with van der Waals surface area (Å²) in [5.74, 6) is 1.87. The van der Waals surface area contributed by atoms with E-state index >= 15 is 0 Å². The van der Waals surface area contributed by atoms with Crippen LogP contribution in [-0.2, 0) is 24.0 Å². The molecule has 0 aromatic heterocycles. The van der Waals surface area contributed by atoms with E-state index in [-0.39, 0.29) is 36.3 Å². The third kappa shape index (κ3) is 8.71. The number of hydrogen-bond acceptors (Lipinski definition) is 6. The summed E-state index contributed by atoms with van der Waals surface area (Å²) in [7, 11) is 0. The van der Waals surface area contributed by atoms with Gasteiger partial charge in [0.05, 0.1) is 12.9 Å². The lowest BCUT2D eigenvalue weighted by atomic mass is 9.87. The molecule has 48 heavy (non-hydrogen) atoms. The van der Waals surface area contributed by atoms with Gasteiger partial charge in [-0.25, -0.2) is 0 Å². The van der Waals surface area contributed by atoms with Crippen LogP contribution >= 0.6 is 0 Å². The summed E-state index contributed by atoms with van der Waals surface area (Å²) >= 11 is 0. The molecule has 1 atom stereocenters. The highest BCUT2D eigenvalue weighted by Gasteiger charge is 2.71. The summed E-state index contributed by atoms with van der Waals surface area (Å²) in [6.45, 7) is 8.04. The van der Waals surface area contributed by atoms with Crippen molar-refractivity contribution < 1.29 is 45.7 Å². The van der Waals surface area contributed by atoms with Crippen molar-refractivity contribution in [3.63, 3.8) is 0 Å². The van der Waals surface area contributed by atoms with Gasteiger partial charge < -0.3 is 24.2 Å². The molecule has 2 heterocycles. The quantitative estimate of drug-likeness (QED) is 0.125. The van der Waals surface area contributed by atoms with Crippen LogP contribution in [0.3, 0.4) is 0 Å². The number of aryl methyl sites for hydroxylation is 2. The zero-order valence-corrected chi connectivity index (χ0v) is 28.1.